The fourth-order valence-corrected chi connectivity index (χ4v) is 2.84. The van der Waals surface area contributed by atoms with Crippen molar-refractivity contribution in [2.45, 2.75) is 37.9 Å². The maximum absolute atomic E-state index is 12.6. The Morgan fingerprint density at radius 1 is 1.32 bits per heavy atom. The Bertz CT molecular complexity index is 917. The second-order valence-electron chi connectivity index (χ2n) is 6.22. The van der Waals surface area contributed by atoms with E-state index >= 15 is 0 Å². The van der Waals surface area contributed by atoms with Crippen molar-refractivity contribution in [1.29, 1.82) is 0 Å². The van der Waals surface area contributed by atoms with Crippen molar-refractivity contribution in [1.82, 2.24) is 9.88 Å². The van der Waals surface area contributed by atoms with E-state index in [2.05, 4.69) is 21.5 Å². The number of hydrogen-bond acceptors (Lipinski definition) is 4. The van der Waals surface area contributed by atoms with E-state index in [4.69, 9.17) is 6.42 Å². The van der Waals surface area contributed by atoms with Gasteiger partial charge in [0, 0.05) is 37.4 Å². The molecule has 3 rings (SSSR count). The zero-order valence-electron chi connectivity index (χ0n) is 14.1. The minimum atomic E-state index is -0.591. The third-order valence-electron chi connectivity index (χ3n) is 4.51. The molecule has 1 N–H and O–H groups in total. The van der Waals surface area contributed by atoms with Gasteiger partial charge in [-0.1, -0.05) is 18.2 Å². The molecule has 0 saturated heterocycles. The van der Waals surface area contributed by atoms with E-state index in [0.717, 1.165) is 5.39 Å². The van der Waals surface area contributed by atoms with Gasteiger partial charge in [-0.05, 0) is 24.4 Å². The van der Waals surface area contributed by atoms with Crippen molar-refractivity contribution in [2.24, 2.45) is 10.2 Å². The fourth-order valence-electron chi connectivity index (χ4n) is 2.84. The number of pyridine rings is 1. The van der Waals surface area contributed by atoms with Crippen LogP contribution in [-0.4, -0.2) is 22.7 Å². The number of benzene rings is 1. The number of terminal acetylenes is 1. The number of carbonyl (C=O) groups excluding carboxylic acids is 1. The van der Waals surface area contributed by atoms with Crippen molar-refractivity contribution in [2.75, 3.05) is 6.54 Å². The highest BCUT2D eigenvalue weighted by atomic mass is 16.2. The molecule has 0 aliphatic carbocycles. The number of aromatic nitrogens is 1. The first kappa shape index (κ1) is 16.9. The zero-order chi connectivity index (χ0) is 17.9. The van der Waals surface area contributed by atoms with Crippen molar-refractivity contribution in [3.05, 3.63) is 46.9 Å². The molecule has 0 fully saturated rings. The van der Waals surface area contributed by atoms with Crippen LogP contribution in [0.1, 0.15) is 32.2 Å². The van der Waals surface area contributed by atoms with Crippen LogP contribution in [0.15, 0.2) is 51.6 Å². The van der Waals surface area contributed by atoms with Crippen LogP contribution in [0.2, 0.25) is 0 Å². The lowest BCUT2D eigenvalue weighted by Crippen LogP contribution is -2.37. The Hall–Kier alpha value is -2.94. The standard InChI is InChI=1S/C19H20N4O2/c1-3-4-10-19(21-22-19)11-12-20-17(24)14(2)23-13-9-15-7-5-6-8-16(15)18(23)25/h1,5-9,13-14H,4,10-12H2,2H3,(H,20,24). The van der Waals surface area contributed by atoms with E-state index in [0.29, 0.717) is 31.2 Å². The molecule has 0 saturated carbocycles. The molecule has 128 valence electrons. The van der Waals surface area contributed by atoms with Crippen molar-refractivity contribution >= 4 is 16.7 Å². The maximum Gasteiger partial charge on any atom is 0.259 e. The number of carbonyl (C=O) groups is 1. The molecule has 25 heavy (non-hydrogen) atoms. The van der Waals surface area contributed by atoms with Crippen molar-refractivity contribution < 1.29 is 4.79 Å². The summed E-state index contributed by atoms with van der Waals surface area (Å²) in [6, 6.07) is 8.60. The van der Waals surface area contributed by atoms with Gasteiger partial charge in [-0.3, -0.25) is 9.59 Å². The number of rotatable bonds is 7. The first-order valence-corrected chi connectivity index (χ1v) is 8.31. The highest BCUT2D eigenvalue weighted by Crippen LogP contribution is 2.36. The maximum atomic E-state index is 12.6. The fraction of sp³-hybridized carbons (Fsp3) is 0.368. The van der Waals surface area contributed by atoms with Crippen LogP contribution < -0.4 is 10.9 Å². The molecule has 6 heteroatoms. The first-order chi connectivity index (χ1) is 12.1. The monoisotopic (exact) mass is 336 g/mol. The Morgan fingerprint density at radius 2 is 2.08 bits per heavy atom. The van der Waals surface area contributed by atoms with Gasteiger partial charge in [-0.2, -0.15) is 10.2 Å². The van der Waals surface area contributed by atoms with Crippen LogP contribution in [-0.2, 0) is 4.79 Å². The Labute approximate surface area is 146 Å². The third kappa shape index (κ3) is 3.61. The van der Waals surface area contributed by atoms with Crippen LogP contribution in [0.5, 0.6) is 0 Å². The normalized spacial score (nSPS) is 15.5. The van der Waals surface area contributed by atoms with Crippen LogP contribution in [0.25, 0.3) is 10.8 Å². The van der Waals surface area contributed by atoms with Gasteiger partial charge in [0.1, 0.15) is 6.04 Å². The third-order valence-corrected chi connectivity index (χ3v) is 4.51. The van der Waals surface area contributed by atoms with E-state index in [1.54, 1.807) is 19.2 Å². The Kier molecular flexibility index (Phi) is 4.66. The molecule has 1 amide bonds. The molecule has 1 aliphatic heterocycles. The Balaban J connectivity index is 1.62. The summed E-state index contributed by atoms with van der Waals surface area (Å²) in [4.78, 5) is 25.0. The van der Waals surface area contributed by atoms with E-state index in [9.17, 15) is 9.59 Å². The van der Waals surface area contributed by atoms with E-state index < -0.39 is 11.7 Å². The van der Waals surface area contributed by atoms with Crippen molar-refractivity contribution in [3.63, 3.8) is 0 Å². The van der Waals surface area contributed by atoms with Crippen molar-refractivity contribution in [3.8, 4) is 12.3 Å². The number of fused-ring (bicyclic) bond motifs is 1. The summed E-state index contributed by atoms with van der Waals surface area (Å²) >= 11 is 0. The molecule has 2 heterocycles. The summed E-state index contributed by atoms with van der Waals surface area (Å²) in [5.41, 5.74) is -0.582. The van der Waals surface area contributed by atoms with E-state index in [-0.39, 0.29) is 11.5 Å². The van der Waals surface area contributed by atoms with Gasteiger partial charge in [-0.15, -0.1) is 12.3 Å². The van der Waals surface area contributed by atoms with Crippen LogP contribution in [0.4, 0.5) is 0 Å². The molecule has 1 unspecified atom stereocenters. The summed E-state index contributed by atoms with van der Waals surface area (Å²) in [6.45, 7) is 2.16. The minimum Gasteiger partial charge on any atom is -0.354 e. The predicted molar refractivity (Wildman–Crippen MR) is 96.2 cm³/mol. The molecule has 2 aromatic rings. The van der Waals surface area contributed by atoms with Crippen LogP contribution in [0, 0.1) is 12.3 Å². The molecule has 0 radical (unpaired) electrons. The lowest BCUT2D eigenvalue weighted by atomic mass is 10.0. The van der Waals surface area contributed by atoms with Gasteiger partial charge >= 0.3 is 0 Å². The lowest BCUT2D eigenvalue weighted by Gasteiger charge is -2.16. The number of nitrogens with zero attached hydrogens (tertiary/aromatic N) is 3. The molecule has 1 aromatic carbocycles. The average Bonchev–Trinajstić information content (AvgIpc) is 3.40. The van der Waals surface area contributed by atoms with Gasteiger partial charge in [-0.25, -0.2) is 0 Å². The molecular formula is C19H20N4O2. The zero-order valence-corrected chi connectivity index (χ0v) is 14.1. The molecule has 1 aromatic heterocycles. The predicted octanol–water partition coefficient (Wildman–Crippen LogP) is 2.64. The van der Waals surface area contributed by atoms with Crippen LogP contribution in [0.3, 0.4) is 0 Å². The quantitative estimate of drug-likeness (QED) is 0.789. The molecule has 6 nitrogen and oxygen atoms in total. The molecule has 1 atom stereocenters. The summed E-state index contributed by atoms with van der Waals surface area (Å²) in [7, 11) is 0. The number of amides is 1. The molecule has 1 aliphatic rings. The molecular weight excluding hydrogens is 316 g/mol. The topological polar surface area (TPSA) is 75.8 Å². The summed E-state index contributed by atoms with van der Waals surface area (Å²) in [6.07, 6.45) is 8.87. The summed E-state index contributed by atoms with van der Waals surface area (Å²) in [5, 5.41) is 12.4. The number of nitrogens with one attached hydrogen (secondary N) is 1. The van der Waals surface area contributed by atoms with Gasteiger partial charge in [0.25, 0.3) is 5.56 Å². The molecule has 0 spiro atoms. The Morgan fingerprint density at radius 3 is 2.80 bits per heavy atom. The SMILES string of the molecule is C#CCCC1(CCNC(=O)C(C)n2ccc3ccccc3c2=O)N=N1. The van der Waals surface area contributed by atoms with Gasteiger partial charge in [0.05, 0.1) is 0 Å². The average molecular weight is 336 g/mol. The van der Waals surface area contributed by atoms with Crippen LogP contribution >= 0.6 is 0 Å². The molecule has 0 bridgehead atoms. The smallest absolute Gasteiger partial charge is 0.259 e. The summed E-state index contributed by atoms with van der Waals surface area (Å²) < 4.78 is 1.46. The van der Waals surface area contributed by atoms with E-state index in [1.165, 1.54) is 4.57 Å². The number of hydrogen-bond donors (Lipinski definition) is 1. The lowest BCUT2D eigenvalue weighted by molar-refractivity contribution is -0.123. The van der Waals surface area contributed by atoms with Gasteiger partial charge in [0.2, 0.25) is 5.91 Å². The summed E-state index contributed by atoms with van der Waals surface area (Å²) in [5.74, 6) is 2.37. The highest BCUT2D eigenvalue weighted by molar-refractivity contribution is 5.83. The van der Waals surface area contributed by atoms with E-state index in [1.807, 2.05) is 24.3 Å². The van der Waals surface area contributed by atoms with Gasteiger partial charge < -0.3 is 9.88 Å². The largest absolute Gasteiger partial charge is 0.354 e. The first-order valence-electron chi connectivity index (χ1n) is 8.31. The second kappa shape index (κ2) is 6.89. The highest BCUT2D eigenvalue weighted by Gasteiger charge is 2.38. The van der Waals surface area contributed by atoms with Gasteiger partial charge in [0.15, 0.2) is 5.66 Å². The minimum absolute atomic E-state index is 0.168. The second-order valence-corrected chi connectivity index (χ2v) is 6.22.